The highest BCUT2D eigenvalue weighted by Crippen LogP contribution is 2.57. The molecule has 2 rings (SSSR count). The Kier molecular flexibility index (Phi) is 8.41. The van der Waals surface area contributed by atoms with Crippen molar-refractivity contribution in [3.05, 3.63) is 22.7 Å². The summed E-state index contributed by atoms with van der Waals surface area (Å²) in [6.07, 6.45) is -6.32. The molecule has 0 aliphatic carbocycles. The van der Waals surface area contributed by atoms with Gasteiger partial charge in [0.2, 0.25) is 5.91 Å². The number of hydrogen-bond donors (Lipinski definition) is 7. The number of aliphatic hydroxyl groups is 2. The van der Waals surface area contributed by atoms with Crippen molar-refractivity contribution in [3.63, 3.8) is 0 Å². The molecular formula is C13H19N3O14P2. The molecule has 1 fully saturated rings. The van der Waals surface area contributed by atoms with Crippen molar-refractivity contribution in [2.45, 2.75) is 37.4 Å². The summed E-state index contributed by atoms with van der Waals surface area (Å²) in [6, 6.07) is 1.13. The van der Waals surface area contributed by atoms with Crippen LogP contribution in [0.2, 0.25) is 0 Å². The van der Waals surface area contributed by atoms with Gasteiger partial charge >= 0.3 is 27.3 Å². The van der Waals surface area contributed by atoms with Gasteiger partial charge in [-0.1, -0.05) is 0 Å². The first-order valence-corrected chi connectivity index (χ1v) is 11.6. The number of rotatable bonds is 10. The lowest BCUT2D eigenvalue weighted by Crippen LogP contribution is -2.36. The summed E-state index contributed by atoms with van der Waals surface area (Å²) in [6.45, 7) is -0.956. The summed E-state index contributed by atoms with van der Waals surface area (Å²) in [7, 11) is -10.6. The molecule has 19 heteroatoms. The summed E-state index contributed by atoms with van der Waals surface area (Å²) >= 11 is 0. The number of nitrogens with zero attached hydrogens (tertiary/aromatic N) is 2. The van der Waals surface area contributed by atoms with E-state index in [9.17, 15) is 38.6 Å². The van der Waals surface area contributed by atoms with Crippen molar-refractivity contribution in [3.8, 4) is 0 Å². The summed E-state index contributed by atoms with van der Waals surface area (Å²) in [5.41, 5.74) is -1.04. The van der Waals surface area contributed by atoms with Crippen LogP contribution in [0.3, 0.4) is 0 Å². The maximum Gasteiger partial charge on any atom is 0.481 e. The number of aromatic nitrogens is 2. The summed E-state index contributed by atoms with van der Waals surface area (Å²) in [5, 5.41) is 30.9. The molecule has 0 aromatic carbocycles. The van der Waals surface area contributed by atoms with E-state index < -0.39 is 70.8 Å². The van der Waals surface area contributed by atoms with E-state index in [1.807, 2.05) is 0 Å². The summed E-state index contributed by atoms with van der Waals surface area (Å²) < 4.78 is 36.0. The Morgan fingerprint density at radius 1 is 1.19 bits per heavy atom. The Hall–Kier alpha value is -2.04. The molecule has 1 aromatic heterocycles. The molecule has 2 heterocycles. The highest BCUT2D eigenvalue weighted by Gasteiger charge is 2.45. The molecule has 17 nitrogen and oxygen atoms in total. The molecule has 0 radical (unpaired) electrons. The number of phosphoric ester groups is 1. The molecule has 1 aliphatic heterocycles. The Balaban J connectivity index is 2.05. The van der Waals surface area contributed by atoms with Gasteiger partial charge in [-0.2, -0.15) is 9.29 Å². The fraction of sp³-hybridized carbons (Fsp3) is 0.538. The second-order valence-corrected chi connectivity index (χ2v) is 9.16. The van der Waals surface area contributed by atoms with Gasteiger partial charge < -0.3 is 40.1 Å². The second-order valence-electron chi connectivity index (χ2n) is 6.33. The Bertz CT molecular complexity index is 1010. The van der Waals surface area contributed by atoms with E-state index in [1.54, 1.807) is 0 Å². The fourth-order valence-electron chi connectivity index (χ4n) is 2.52. The zero-order valence-electron chi connectivity index (χ0n) is 15.8. The number of hydrogen-bond acceptors (Lipinski definition) is 11. The minimum absolute atomic E-state index is 0.217. The van der Waals surface area contributed by atoms with E-state index in [-0.39, 0.29) is 12.2 Å². The number of nitrogens with one attached hydrogen (secondary N) is 1. The number of aliphatic carboxylic acids is 1. The third-order valence-electron chi connectivity index (χ3n) is 3.89. The lowest BCUT2D eigenvalue weighted by atomic mass is 10.1. The van der Waals surface area contributed by atoms with Gasteiger partial charge in [0.1, 0.15) is 24.1 Å². The van der Waals surface area contributed by atoms with Gasteiger partial charge in [0, 0.05) is 12.6 Å². The summed E-state index contributed by atoms with van der Waals surface area (Å²) in [4.78, 5) is 64.2. The zero-order valence-corrected chi connectivity index (χ0v) is 17.6. The molecule has 7 N–H and O–H groups in total. The quantitative estimate of drug-likeness (QED) is 0.168. The Morgan fingerprint density at radius 2 is 1.84 bits per heavy atom. The van der Waals surface area contributed by atoms with Crippen LogP contribution < -0.4 is 11.0 Å². The van der Waals surface area contributed by atoms with Crippen LogP contribution >= 0.6 is 15.6 Å². The normalized spacial score (nSPS) is 25.3. The standard InChI is InChI=1S/C13H19N3O14P2/c17-8(1-2-9(18)19)14-7-3-4-16(13(22)15-7)12-11(21)10(20)6(29-12)5-28-32(26,27)30-31(23,24)25/h3-4,6,10-12,20-21H,1-2,5H2,(H,18,19)(H,26,27)(H2,23,24,25)(H,14,15,17,22)/t6-,10-,11-,12-/m1/s1. The molecule has 1 amide bonds. The number of amides is 1. The maximum absolute atomic E-state index is 12.2. The minimum Gasteiger partial charge on any atom is -0.481 e. The average molecular weight is 503 g/mol. The number of anilines is 1. The minimum atomic E-state index is -5.37. The Morgan fingerprint density at radius 3 is 2.41 bits per heavy atom. The molecule has 0 spiro atoms. The van der Waals surface area contributed by atoms with Crippen LogP contribution in [0.15, 0.2) is 17.1 Å². The topological polar surface area (TPSA) is 264 Å². The largest absolute Gasteiger partial charge is 0.481 e. The van der Waals surface area contributed by atoms with Crippen molar-refractivity contribution in [1.29, 1.82) is 0 Å². The van der Waals surface area contributed by atoms with Gasteiger partial charge in [-0.15, -0.1) is 0 Å². The van der Waals surface area contributed by atoms with Crippen LogP contribution in [-0.4, -0.2) is 76.3 Å². The fourth-order valence-corrected chi connectivity index (χ4v) is 4.12. The van der Waals surface area contributed by atoms with Crippen molar-refractivity contribution in [2.75, 3.05) is 11.9 Å². The molecule has 1 saturated heterocycles. The van der Waals surface area contributed by atoms with Crippen molar-refractivity contribution >= 4 is 33.3 Å². The molecule has 1 aromatic rings. The maximum atomic E-state index is 12.2. The van der Waals surface area contributed by atoms with Gasteiger partial charge in [-0.3, -0.25) is 18.7 Å². The van der Waals surface area contributed by atoms with Crippen LogP contribution in [0, 0.1) is 0 Å². The molecule has 180 valence electrons. The second kappa shape index (κ2) is 10.3. The van der Waals surface area contributed by atoms with E-state index in [4.69, 9.17) is 19.6 Å². The van der Waals surface area contributed by atoms with Crippen molar-refractivity contribution in [1.82, 2.24) is 9.55 Å². The Labute approximate surface area is 178 Å². The van der Waals surface area contributed by atoms with Crippen LogP contribution in [0.25, 0.3) is 0 Å². The van der Waals surface area contributed by atoms with E-state index in [1.165, 1.54) is 0 Å². The van der Waals surface area contributed by atoms with Gasteiger partial charge in [-0.05, 0) is 6.07 Å². The highest BCUT2D eigenvalue weighted by atomic mass is 31.3. The number of aliphatic hydroxyl groups excluding tert-OH is 2. The van der Waals surface area contributed by atoms with Crippen molar-refractivity contribution < 1.29 is 62.3 Å². The third kappa shape index (κ3) is 7.53. The highest BCUT2D eigenvalue weighted by molar-refractivity contribution is 7.60. The van der Waals surface area contributed by atoms with Crippen LogP contribution in [0.5, 0.6) is 0 Å². The SMILES string of the molecule is O=C(O)CCC(=O)Nc1ccn([C@@H]2O[C@H](COP(=O)(O)OP(=O)(O)O)[C@@H](O)[C@H]2O)c(=O)n1. The molecule has 32 heavy (non-hydrogen) atoms. The van der Waals surface area contributed by atoms with Gasteiger partial charge in [0.15, 0.2) is 6.23 Å². The number of carbonyl (C=O) groups excluding carboxylic acids is 1. The zero-order chi connectivity index (χ0) is 24.3. The molecule has 0 saturated carbocycles. The first-order valence-electron chi connectivity index (χ1n) is 8.55. The van der Waals surface area contributed by atoms with Crippen LogP contribution in [0.1, 0.15) is 19.1 Å². The molecule has 1 aliphatic rings. The summed E-state index contributed by atoms with van der Waals surface area (Å²) in [5.74, 6) is -2.13. The van der Waals surface area contributed by atoms with Gasteiger partial charge in [-0.25, -0.2) is 13.9 Å². The number of ether oxygens (including phenoxy) is 1. The lowest BCUT2D eigenvalue weighted by molar-refractivity contribution is -0.138. The van der Waals surface area contributed by atoms with E-state index >= 15 is 0 Å². The average Bonchev–Trinajstić information content (AvgIpc) is 2.91. The molecule has 5 atom stereocenters. The first kappa shape index (κ1) is 26.2. The van der Waals surface area contributed by atoms with E-state index in [0.717, 1.165) is 16.8 Å². The van der Waals surface area contributed by atoms with Crippen molar-refractivity contribution in [2.24, 2.45) is 0 Å². The predicted octanol–water partition coefficient (Wildman–Crippen LogP) is -2.11. The monoisotopic (exact) mass is 503 g/mol. The van der Waals surface area contributed by atoms with Crippen LogP contribution in [-0.2, 0) is 32.3 Å². The van der Waals surface area contributed by atoms with Crippen LogP contribution in [0.4, 0.5) is 5.82 Å². The van der Waals surface area contributed by atoms with Gasteiger partial charge in [0.25, 0.3) is 0 Å². The number of carboxylic acids is 1. The third-order valence-corrected chi connectivity index (χ3v) is 6.04. The predicted molar refractivity (Wildman–Crippen MR) is 98.8 cm³/mol. The lowest BCUT2D eigenvalue weighted by Gasteiger charge is -2.18. The van der Waals surface area contributed by atoms with E-state index in [2.05, 4.69) is 19.1 Å². The first-order chi connectivity index (χ1) is 14.7. The molecule has 0 bridgehead atoms. The number of carboxylic acid groups (broad SMARTS) is 1. The smallest absolute Gasteiger partial charge is 0.481 e. The molecule has 1 unspecified atom stereocenters. The van der Waals surface area contributed by atoms with Gasteiger partial charge in [0.05, 0.1) is 13.0 Å². The molecular weight excluding hydrogens is 484 g/mol. The van der Waals surface area contributed by atoms with E-state index in [0.29, 0.717) is 0 Å². The number of phosphoric acid groups is 2. The number of carbonyl (C=O) groups is 2.